The maximum absolute atomic E-state index is 12.1. The number of benzene rings is 1. The van der Waals surface area contributed by atoms with E-state index in [1.807, 2.05) is 37.3 Å². The van der Waals surface area contributed by atoms with Gasteiger partial charge in [-0.2, -0.15) is 0 Å². The molecule has 1 atom stereocenters. The van der Waals surface area contributed by atoms with Gasteiger partial charge in [0.2, 0.25) is 0 Å². The highest BCUT2D eigenvalue weighted by Crippen LogP contribution is 2.18. The molecule has 0 saturated carbocycles. The second kappa shape index (κ2) is 5.32. The van der Waals surface area contributed by atoms with E-state index in [9.17, 15) is 8.42 Å². The van der Waals surface area contributed by atoms with Gasteiger partial charge >= 0.3 is 0 Å². The zero-order valence-electron chi connectivity index (χ0n) is 10.00. The fraction of sp³-hybridized carbons (Fsp3) is 0.250. The average Bonchev–Trinajstić information content (AvgIpc) is 2.92. The van der Waals surface area contributed by atoms with Crippen LogP contribution in [0.25, 0.3) is 0 Å². The summed E-state index contributed by atoms with van der Waals surface area (Å²) in [6.45, 7) is 1.94. The molecular formula is C12H15N3O2S. The van der Waals surface area contributed by atoms with Crippen LogP contribution < -0.4 is 4.72 Å². The van der Waals surface area contributed by atoms with Gasteiger partial charge in [0.15, 0.2) is 5.03 Å². The minimum absolute atomic E-state index is 0.0804. The van der Waals surface area contributed by atoms with E-state index >= 15 is 0 Å². The summed E-state index contributed by atoms with van der Waals surface area (Å²) >= 11 is 0. The minimum atomic E-state index is -3.54. The average molecular weight is 265 g/mol. The Kier molecular flexibility index (Phi) is 3.78. The van der Waals surface area contributed by atoms with Crippen LogP contribution in [-0.2, 0) is 10.0 Å². The predicted molar refractivity (Wildman–Crippen MR) is 68.4 cm³/mol. The first-order valence-corrected chi connectivity index (χ1v) is 7.17. The van der Waals surface area contributed by atoms with Gasteiger partial charge in [0.25, 0.3) is 10.0 Å². The molecular weight excluding hydrogens is 250 g/mol. The maximum Gasteiger partial charge on any atom is 0.258 e. The van der Waals surface area contributed by atoms with Gasteiger partial charge in [-0.3, -0.25) is 0 Å². The lowest BCUT2D eigenvalue weighted by Crippen LogP contribution is -2.28. The van der Waals surface area contributed by atoms with Crippen molar-refractivity contribution in [3.63, 3.8) is 0 Å². The lowest BCUT2D eigenvalue weighted by molar-refractivity contribution is 0.547. The molecule has 0 radical (unpaired) electrons. The number of aromatic amines is 1. The minimum Gasteiger partial charge on any atom is -0.335 e. The molecule has 2 N–H and O–H groups in total. The normalized spacial score (nSPS) is 13.4. The Balaban J connectivity index is 2.22. The number of aromatic nitrogens is 2. The van der Waals surface area contributed by atoms with Crippen molar-refractivity contribution in [1.82, 2.24) is 14.7 Å². The second-order valence-electron chi connectivity index (χ2n) is 3.91. The zero-order chi connectivity index (χ0) is 13.0. The number of sulfonamides is 1. The van der Waals surface area contributed by atoms with Crippen LogP contribution in [0.4, 0.5) is 0 Å². The maximum atomic E-state index is 12.1. The molecule has 1 unspecified atom stereocenters. The topological polar surface area (TPSA) is 74.8 Å². The van der Waals surface area contributed by atoms with Gasteiger partial charge in [0.1, 0.15) is 0 Å². The van der Waals surface area contributed by atoms with E-state index in [1.54, 1.807) is 0 Å². The fourth-order valence-corrected chi connectivity index (χ4v) is 2.93. The Hall–Kier alpha value is -1.66. The van der Waals surface area contributed by atoms with Crippen LogP contribution in [0.15, 0.2) is 47.9 Å². The third kappa shape index (κ3) is 2.77. The molecule has 0 saturated heterocycles. The number of nitrogens with zero attached hydrogens (tertiary/aromatic N) is 1. The molecule has 2 rings (SSSR count). The molecule has 0 aliphatic heterocycles. The largest absolute Gasteiger partial charge is 0.335 e. The summed E-state index contributed by atoms with van der Waals surface area (Å²) in [6.07, 6.45) is 3.31. The lowest BCUT2D eigenvalue weighted by Gasteiger charge is -2.16. The molecule has 0 bridgehead atoms. The van der Waals surface area contributed by atoms with Crippen LogP contribution in [0.2, 0.25) is 0 Å². The molecule has 96 valence electrons. The summed E-state index contributed by atoms with van der Waals surface area (Å²) in [7, 11) is -3.54. The van der Waals surface area contributed by atoms with Crippen molar-refractivity contribution in [3.8, 4) is 0 Å². The third-order valence-electron chi connectivity index (χ3n) is 2.67. The molecule has 1 aromatic heterocycles. The molecule has 0 spiro atoms. The van der Waals surface area contributed by atoms with E-state index in [1.165, 1.54) is 12.5 Å². The van der Waals surface area contributed by atoms with Gasteiger partial charge in [-0.15, -0.1) is 0 Å². The molecule has 6 heteroatoms. The molecule has 1 aromatic carbocycles. The summed E-state index contributed by atoms with van der Waals surface area (Å²) in [5, 5.41) is 0.0804. The highest BCUT2D eigenvalue weighted by atomic mass is 32.2. The van der Waals surface area contributed by atoms with E-state index in [-0.39, 0.29) is 11.1 Å². The summed E-state index contributed by atoms with van der Waals surface area (Å²) in [6, 6.07) is 9.26. The van der Waals surface area contributed by atoms with E-state index < -0.39 is 10.0 Å². The molecule has 0 aliphatic carbocycles. The van der Waals surface area contributed by atoms with E-state index in [2.05, 4.69) is 14.7 Å². The summed E-state index contributed by atoms with van der Waals surface area (Å²) < 4.78 is 26.8. The van der Waals surface area contributed by atoms with Crippen LogP contribution in [0.1, 0.15) is 24.9 Å². The Morgan fingerprint density at radius 3 is 2.61 bits per heavy atom. The lowest BCUT2D eigenvalue weighted by atomic mass is 10.1. The van der Waals surface area contributed by atoms with Gasteiger partial charge in [0.05, 0.1) is 12.5 Å². The molecule has 0 aliphatic rings. The molecule has 0 amide bonds. The first-order chi connectivity index (χ1) is 8.63. The first kappa shape index (κ1) is 12.8. The highest BCUT2D eigenvalue weighted by Gasteiger charge is 2.20. The van der Waals surface area contributed by atoms with Crippen molar-refractivity contribution in [2.24, 2.45) is 0 Å². The monoisotopic (exact) mass is 265 g/mol. The second-order valence-corrected chi connectivity index (χ2v) is 5.59. The van der Waals surface area contributed by atoms with Crippen molar-refractivity contribution in [3.05, 3.63) is 48.4 Å². The van der Waals surface area contributed by atoms with Crippen molar-refractivity contribution in [1.29, 1.82) is 0 Å². The summed E-state index contributed by atoms with van der Waals surface area (Å²) in [5.74, 6) is 0. The third-order valence-corrected chi connectivity index (χ3v) is 4.07. The molecule has 5 nitrogen and oxygen atoms in total. The Labute approximate surface area is 106 Å². The molecule has 0 fully saturated rings. The number of hydrogen-bond donors (Lipinski definition) is 2. The summed E-state index contributed by atoms with van der Waals surface area (Å²) in [5.41, 5.74) is 0.947. The van der Waals surface area contributed by atoms with Crippen LogP contribution in [0.5, 0.6) is 0 Å². The molecule has 18 heavy (non-hydrogen) atoms. The van der Waals surface area contributed by atoms with Crippen molar-refractivity contribution in [2.45, 2.75) is 24.4 Å². The Bertz CT molecular complexity index is 579. The highest BCUT2D eigenvalue weighted by molar-refractivity contribution is 7.89. The van der Waals surface area contributed by atoms with Gasteiger partial charge in [-0.05, 0) is 12.0 Å². The van der Waals surface area contributed by atoms with Gasteiger partial charge < -0.3 is 4.98 Å². The molecule has 1 heterocycles. The van der Waals surface area contributed by atoms with Gasteiger partial charge in [-0.1, -0.05) is 37.3 Å². The zero-order valence-corrected chi connectivity index (χ0v) is 10.8. The summed E-state index contributed by atoms with van der Waals surface area (Å²) in [4.78, 5) is 6.32. The first-order valence-electron chi connectivity index (χ1n) is 5.69. The predicted octanol–water partition coefficient (Wildman–Crippen LogP) is 1.84. The van der Waals surface area contributed by atoms with Crippen LogP contribution >= 0.6 is 0 Å². The van der Waals surface area contributed by atoms with Crippen LogP contribution in [0, 0.1) is 0 Å². The van der Waals surface area contributed by atoms with Crippen molar-refractivity contribution in [2.75, 3.05) is 0 Å². The van der Waals surface area contributed by atoms with Crippen molar-refractivity contribution >= 4 is 10.0 Å². The number of rotatable bonds is 5. The SMILES string of the molecule is CCC(NS(=O)(=O)c1cnc[nH]1)c1ccccc1. The number of H-pyrrole nitrogens is 1. The number of imidazole rings is 1. The smallest absolute Gasteiger partial charge is 0.258 e. The molecule has 2 aromatic rings. The van der Waals surface area contributed by atoms with E-state index in [0.717, 1.165) is 5.56 Å². The van der Waals surface area contributed by atoms with Crippen molar-refractivity contribution < 1.29 is 8.42 Å². The fourth-order valence-electron chi connectivity index (χ4n) is 1.71. The number of hydrogen-bond acceptors (Lipinski definition) is 3. The van der Waals surface area contributed by atoms with Crippen LogP contribution in [-0.4, -0.2) is 18.4 Å². The number of nitrogens with one attached hydrogen (secondary N) is 2. The van der Waals surface area contributed by atoms with E-state index in [4.69, 9.17) is 0 Å². The Morgan fingerprint density at radius 2 is 2.06 bits per heavy atom. The van der Waals surface area contributed by atoms with E-state index in [0.29, 0.717) is 6.42 Å². The van der Waals surface area contributed by atoms with Crippen LogP contribution in [0.3, 0.4) is 0 Å². The Morgan fingerprint density at radius 1 is 1.33 bits per heavy atom. The van der Waals surface area contributed by atoms with Gasteiger partial charge in [0, 0.05) is 6.04 Å². The standard InChI is InChI=1S/C12H15N3O2S/c1-2-11(10-6-4-3-5-7-10)15-18(16,17)12-8-13-9-14-12/h3-9,11,15H,2H2,1H3,(H,13,14). The quantitative estimate of drug-likeness (QED) is 0.866. The van der Waals surface area contributed by atoms with Gasteiger partial charge in [-0.25, -0.2) is 18.1 Å².